The number of hydrogen-bond acceptors (Lipinski definition) is 2. The Balaban J connectivity index is 2.06. The Kier molecular flexibility index (Phi) is 3.66. The quantitative estimate of drug-likeness (QED) is 0.536. The van der Waals surface area contributed by atoms with Crippen LogP contribution >= 0.6 is 15.9 Å². The van der Waals surface area contributed by atoms with Crippen LogP contribution < -0.4 is 11.1 Å². The zero-order chi connectivity index (χ0) is 7.40. The largest absolute Gasteiger partial charge is 0.330 e. The molecule has 2 nitrogen and oxygen atoms in total. The summed E-state index contributed by atoms with van der Waals surface area (Å²) in [5, 5.41) is 3.35. The average molecular weight is 207 g/mol. The van der Waals surface area contributed by atoms with Crippen LogP contribution in [0, 0.1) is 5.92 Å². The molecular weight excluding hydrogens is 192 g/mol. The molecule has 1 fully saturated rings. The van der Waals surface area contributed by atoms with Crippen LogP contribution in [-0.2, 0) is 0 Å². The Hall–Kier alpha value is 0.400. The predicted octanol–water partition coefficient (Wildman–Crippen LogP) is 1.06. The van der Waals surface area contributed by atoms with Crippen molar-refractivity contribution in [1.29, 1.82) is 0 Å². The van der Waals surface area contributed by atoms with E-state index in [2.05, 4.69) is 21.2 Å². The van der Waals surface area contributed by atoms with E-state index in [4.69, 9.17) is 5.73 Å². The van der Waals surface area contributed by atoms with Crippen molar-refractivity contribution in [2.24, 2.45) is 11.7 Å². The number of halogens is 1. The van der Waals surface area contributed by atoms with E-state index in [0.717, 1.165) is 19.0 Å². The van der Waals surface area contributed by atoms with Crippen molar-refractivity contribution in [1.82, 2.24) is 5.32 Å². The summed E-state index contributed by atoms with van der Waals surface area (Å²) in [7, 11) is 0. The van der Waals surface area contributed by atoms with Gasteiger partial charge in [-0.1, -0.05) is 15.9 Å². The number of rotatable bonds is 3. The van der Waals surface area contributed by atoms with E-state index in [9.17, 15) is 0 Å². The standard InChI is InChI=1S/C7H15BrN2/c8-7-4-6(5-10-7)2-1-3-9/h6-7,10H,1-5,9H2. The maximum atomic E-state index is 5.41. The summed E-state index contributed by atoms with van der Waals surface area (Å²) in [4.78, 5) is 0.551. The molecule has 0 radical (unpaired) electrons. The fourth-order valence-corrected chi connectivity index (χ4v) is 2.10. The summed E-state index contributed by atoms with van der Waals surface area (Å²) in [5.74, 6) is 0.855. The van der Waals surface area contributed by atoms with Crippen LogP contribution in [0.25, 0.3) is 0 Å². The minimum atomic E-state index is 0.551. The van der Waals surface area contributed by atoms with Gasteiger partial charge in [-0.25, -0.2) is 0 Å². The van der Waals surface area contributed by atoms with Gasteiger partial charge >= 0.3 is 0 Å². The molecule has 60 valence electrons. The zero-order valence-electron chi connectivity index (χ0n) is 6.15. The van der Waals surface area contributed by atoms with E-state index in [1.54, 1.807) is 0 Å². The van der Waals surface area contributed by atoms with Gasteiger partial charge in [0.1, 0.15) is 0 Å². The zero-order valence-corrected chi connectivity index (χ0v) is 7.73. The highest BCUT2D eigenvalue weighted by molar-refractivity contribution is 9.09. The summed E-state index contributed by atoms with van der Waals surface area (Å²) in [5.41, 5.74) is 5.41. The van der Waals surface area contributed by atoms with Gasteiger partial charge in [-0.05, 0) is 38.3 Å². The fraction of sp³-hybridized carbons (Fsp3) is 1.00. The highest BCUT2D eigenvalue weighted by atomic mass is 79.9. The van der Waals surface area contributed by atoms with E-state index in [-0.39, 0.29) is 0 Å². The monoisotopic (exact) mass is 206 g/mol. The molecule has 0 aromatic rings. The van der Waals surface area contributed by atoms with Gasteiger partial charge in [0.15, 0.2) is 0 Å². The summed E-state index contributed by atoms with van der Waals surface area (Å²) >= 11 is 3.53. The Morgan fingerprint density at radius 1 is 1.60 bits per heavy atom. The third-order valence-electron chi connectivity index (χ3n) is 1.98. The topological polar surface area (TPSA) is 38.0 Å². The number of nitrogens with two attached hydrogens (primary N) is 1. The van der Waals surface area contributed by atoms with Gasteiger partial charge in [0.25, 0.3) is 0 Å². The van der Waals surface area contributed by atoms with Crippen molar-refractivity contribution in [3.63, 3.8) is 0 Å². The maximum absolute atomic E-state index is 5.41. The second-order valence-electron chi connectivity index (χ2n) is 2.91. The summed E-state index contributed by atoms with van der Waals surface area (Å²) in [6, 6.07) is 0. The molecular formula is C7H15BrN2. The maximum Gasteiger partial charge on any atom is 0.0633 e. The Morgan fingerprint density at radius 3 is 2.90 bits per heavy atom. The molecule has 1 saturated heterocycles. The van der Waals surface area contributed by atoms with Gasteiger partial charge in [0, 0.05) is 0 Å². The Labute approximate surface area is 70.7 Å². The first kappa shape index (κ1) is 8.50. The lowest BCUT2D eigenvalue weighted by molar-refractivity contribution is 0.513. The lowest BCUT2D eigenvalue weighted by Crippen LogP contribution is -2.14. The minimum absolute atomic E-state index is 0.551. The molecule has 3 heteroatoms. The highest BCUT2D eigenvalue weighted by Crippen LogP contribution is 2.21. The molecule has 0 saturated carbocycles. The van der Waals surface area contributed by atoms with E-state index < -0.39 is 0 Å². The van der Waals surface area contributed by atoms with Gasteiger partial charge < -0.3 is 11.1 Å². The first-order valence-corrected chi connectivity index (χ1v) is 4.82. The average Bonchev–Trinajstić information content (AvgIpc) is 2.31. The molecule has 2 unspecified atom stereocenters. The van der Waals surface area contributed by atoms with Gasteiger partial charge in [0.2, 0.25) is 0 Å². The third-order valence-corrected chi connectivity index (χ3v) is 2.68. The number of alkyl halides is 1. The Bertz CT molecular complexity index is 97.6. The third kappa shape index (κ3) is 2.56. The summed E-state index contributed by atoms with van der Waals surface area (Å²) in [6.07, 6.45) is 3.72. The van der Waals surface area contributed by atoms with Crippen molar-refractivity contribution in [2.45, 2.75) is 24.2 Å². The molecule has 0 amide bonds. The Morgan fingerprint density at radius 2 is 2.40 bits per heavy atom. The smallest absolute Gasteiger partial charge is 0.0633 e. The highest BCUT2D eigenvalue weighted by Gasteiger charge is 2.20. The van der Waals surface area contributed by atoms with Crippen LogP contribution in [0.2, 0.25) is 0 Å². The molecule has 1 rings (SSSR count). The lowest BCUT2D eigenvalue weighted by atomic mass is 10.0. The van der Waals surface area contributed by atoms with Gasteiger partial charge in [-0.2, -0.15) is 0 Å². The van der Waals surface area contributed by atoms with Crippen molar-refractivity contribution in [3.8, 4) is 0 Å². The van der Waals surface area contributed by atoms with Gasteiger partial charge in [0.05, 0.1) is 4.95 Å². The first-order valence-electron chi connectivity index (χ1n) is 3.90. The molecule has 10 heavy (non-hydrogen) atoms. The molecule has 3 N–H and O–H groups in total. The van der Waals surface area contributed by atoms with Crippen molar-refractivity contribution >= 4 is 15.9 Å². The molecule has 0 spiro atoms. The molecule has 0 aromatic heterocycles. The van der Waals surface area contributed by atoms with Crippen LogP contribution in [0.1, 0.15) is 19.3 Å². The molecule has 1 aliphatic heterocycles. The van der Waals surface area contributed by atoms with Gasteiger partial charge in [-0.3, -0.25) is 0 Å². The molecule has 1 aliphatic rings. The summed E-state index contributed by atoms with van der Waals surface area (Å²) in [6.45, 7) is 2.00. The SMILES string of the molecule is NCCCC1CNC(Br)C1. The summed E-state index contributed by atoms with van der Waals surface area (Å²) < 4.78 is 0. The van der Waals surface area contributed by atoms with E-state index in [1.165, 1.54) is 19.3 Å². The molecule has 0 aromatic carbocycles. The van der Waals surface area contributed by atoms with Crippen LogP contribution in [0.15, 0.2) is 0 Å². The minimum Gasteiger partial charge on any atom is -0.330 e. The number of hydrogen-bond donors (Lipinski definition) is 2. The van der Waals surface area contributed by atoms with Crippen molar-refractivity contribution in [3.05, 3.63) is 0 Å². The van der Waals surface area contributed by atoms with Crippen LogP contribution in [0.5, 0.6) is 0 Å². The first-order chi connectivity index (χ1) is 4.83. The van der Waals surface area contributed by atoms with Crippen LogP contribution in [0.4, 0.5) is 0 Å². The van der Waals surface area contributed by atoms with E-state index in [1.807, 2.05) is 0 Å². The van der Waals surface area contributed by atoms with E-state index in [0.29, 0.717) is 4.95 Å². The van der Waals surface area contributed by atoms with Crippen LogP contribution in [0.3, 0.4) is 0 Å². The van der Waals surface area contributed by atoms with E-state index >= 15 is 0 Å². The second kappa shape index (κ2) is 4.31. The molecule has 2 atom stereocenters. The lowest BCUT2D eigenvalue weighted by Gasteiger charge is -2.04. The van der Waals surface area contributed by atoms with Crippen molar-refractivity contribution < 1.29 is 0 Å². The second-order valence-corrected chi connectivity index (χ2v) is 4.01. The predicted molar refractivity (Wildman–Crippen MR) is 47.1 cm³/mol. The number of nitrogens with one attached hydrogen (secondary N) is 1. The normalized spacial score (nSPS) is 33.0. The van der Waals surface area contributed by atoms with Gasteiger partial charge in [-0.15, -0.1) is 0 Å². The van der Waals surface area contributed by atoms with Crippen molar-refractivity contribution in [2.75, 3.05) is 13.1 Å². The molecule has 1 heterocycles. The molecule has 0 bridgehead atoms. The van der Waals surface area contributed by atoms with Crippen LogP contribution in [-0.4, -0.2) is 18.0 Å². The molecule has 0 aliphatic carbocycles. The fourth-order valence-electron chi connectivity index (χ4n) is 1.38.